The maximum absolute atomic E-state index is 14.3. The van der Waals surface area contributed by atoms with E-state index in [1.165, 1.54) is 0 Å². The van der Waals surface area contributed by atoms with Gasteiger partial charge in [-0.1, -0.05) is 24.3 Å². The van der Waals surface area contributed by atoms with Gasteiger partial charge in [0.2, 0.25) is 0 Å². The molecule has 0 bridgehead atoms. The predicted molar refractivity (Wildman–Crippen MR) is 124 cm³/mol. The van der Waals surface area contributed by atoms with Crippen LogP contribution in [0.15, 0.2) is 48.5 Å². The molecule has 0 radical (unpaired) electrons. The van der Waals surface area contributed by atoms with E-state index in [0.29, 0.717) is 13.2 Å². The summed E-state index contributed by atoms with van der Waals surface area (Å²) in [5, 5.41) is 0. The van der Waals surface area contributed by atoms with Crippen LogP contribution in [-0.2, 0) is 18.9 Å². The Labute approximate surface area is 202 Å². The van der Waals surface area contributed by atoms with Crippen molar-refractivity contribution in [1.29, 1.82) is 0 Å². The largest absolute Gasteiger partial charge is 0.399 e. The van der Waals surface area contributed by atoms with Crippen molar-refractivity contribution in [2.75, 3.05) is 62.5 Å². The third-order valence-corrected chi connectivity index (χ3v) is 6.99. The Kier molecular flexibility index (Phi) is 6.12. The standard InChI is InChI=1S/C26H29F3N2O4/c27-26(28,29)25(17-1-5-19(6-2-17)30(9-22-14-33-22)10-23-15-34-23)18-3-7-20(8-4-18)31(11-24-16-35-24)21-12-32-13-21/h1-8,21-25H,9-16H2. The maximum atomic E-state index is 14.3. The van der Waals surface area contributed by atoms with E-state index in [2.05, 4.69) is 9.80 Å². The van der Waals surface area contributed by atoms with Crippen LogP contribution >= 0.6 is 0 Å². The molecule has 4 fully saturated rings. The molecule has 0 N–H and O–H groups in total. The summed E-state index contributed by atoms with van der Waals surface area (Å²) in [7, 11) is 0. The molecule has 2 aromatic carbocycles. The number of epoxide rings is 3. The van der Waals surface area contributed by atoms with Crippen LogP contribution in [0, 0.1) is 0 Å². The van der Waals surface area contributed by atoms with E-state index in [1.54, 1.807) is 48.5 Å². The smallest absolute Gasteiger partial charge is 0.377 e. The van der Waals surface area contributed by atoms with Crippen molar-refractivity contribution in [2.24, 2.45) is 0 Å². The van der Waals surface area contributed by atoms with Crippen molar-refractivity contribution >= 4 is 11.4 Å². The van der Waals surface area contributed by atoms with E-state index < -0.39 is 12.1 Å². The lowest BCUT2D eigenvalue weighted by Crippen LogP contribution is -2.50. The summed E-state index contributed by atoms with van der Waals surface area (Å²) in [5.41, 5.74) is 2.25. The van der Waals surface area contributed by atoms with Gasteiger partial charge in [0.1, 0.15) is 5.92 Å². The van der Waals surface area contributed by atoms with Crippen molar-refractivity contribution in [2.45, 2.75) is 36.4 Å². The van der Waals surface area contributed by atoms with Crippen LogP contribution in [0.2, 0.25) is 0 Å². The van der Waals surface area contributed by atoms with E-state index in [0.717, 1.165) is 50.8 Å². The van der Waals surface area contributed by atoms with Crippen LogP contribution in [0.1, 0.15) is 17.0 Å². The fraction of sp³-hybridized carbons (Fsp3) is 0.538. The molecular formula is C26H29F3N2O4. The summed E-state index contributed by atoms with van der Waals surface area (Å²) < 4.78 is 64.2. The molecule has 0 amide bonds. The number of nitrogens with zero attached hydrogens (tertiary/aromatic N) is 2. The zero-order valence-corrected chi connectivity index (χ0v) is 19.3. The van der Waals surface area contributed by atoms with Gasteiger partial charge in [-0.2, -0.15) is 13.2 Å². The molecule has 4 aliphatic heterocycles. The fourth-order valence-electron chi connectivity index (χ4n) is 4.69. The minimum absolute atomic E-state index is 0.187. The van der Waals surface area contributed by atoms with Crippen LogP contribution in [-0.4, -0.2) is 83.2 Å². The van der Waals surface area contributed by atoms with Gasteiger partial charge < -0.3 is 28.7 Å². The molecule has 4 unspecified atom stereocenters. The van der Waals surface area contributed by atoms with Gasteiger partial charge in [0.15, 0.2) is 0 Å². The van der Waals surface area contributed by atoms with Crippen LogP contribution in [0.5, 0.6) is 0 Å². The number of anilines is 2. The van der Waals surface area contributed by atoms with Gasteiger partial charge >= 0.3 is 6.18 Å². The number of rotatable bonds is 11. The summed E-state index contributed by atoms with van der Waals surface area (Å²) in [4.78, 5) is 4.32. The van der Waals surface area contributed by atoms with E-state index in [9.17, 15) is 13.2 Å². The first kappa shape index (κ1) is 23.1. The van der Waals surface area contributed by atoms with Crippen LogP contribution in [0.3, 0.4) is 0 Å². The molecule has 0 saturated carbocycles. The molecule has 188 valence electrons. The maximum Gasteiger partial charge on any atom is 0.399 e. The van der Waals surface area contributed by atoms with Gasteiger partial charge in [0.25, 0.3) is 0 Å². The monoisotopic (exact) mass is 490 g/mol. The molecule has 6 nitrogen and oxygen atoms in total. The van der Waals surface area contributed by atoms with Crippen molar-refractivity contribution in [3.05, 3.63) is 59.7 Å². The topological polar surface area (TPSA) is 53.3 Å². The number of hydrogen-bond acceptors (Lipinski definition) is 6. The lowest BCUT2D eigenvalue weighted by molar-refractivity contribution is -0.141. The molecule has 4 atom stereocenters. The van der Waals surface area contributed by atoms with E-state index in [4.69, 9.17) is 18.9 Å². The average molecular weight is 491 g/mol. The quantitative estimate of drug-likeness (QED) is 0.449. The third-order valence-electron chi connectivity index (χ3n) is 6.99. The molecule has 9 heteroatoms. The normalized spacial score (nSPS) is 26.1. The molecule has 6 rings (SSSR count). The summed E-state index contributed by atoms with van der Waals surface area (Å²) in [5.74, 6) is -1.69. The molecule has 4 saturated heterocycles. The summed E-state index contributed by atoms with van der Waals surface area (Å²) in [6.07, 6.45) is -3.84. The Morgan fingerprint density at radius 3 is 1.54 bits per heavy atom. The second-order valence-electron chi connectivity index (χ2n) is 9.77. The van der Waals surface area contributed by atoms with Crippen molar-refractivity contribution in [3.8, 4) is 0 Å². The lowest BCUT2D eigenvalue weighted by Gasteiger charge is -2.39. The SMILES string of the molecule is FC(F)(F)C(c1ccc(N(CC2CO2)CC2CO2)cc1)c1ccc(N(CC2CO2)C2COC2)cc1. The first-order valence-corrected chi connectivity index (χ1v) is 12.1. The third kappa shape index (κ3) is 5.58. The first-order valence-electron chi connectivity index (χ1n) is 12.1. The van der Waals surface area contributed by atoms with Crippen LogP contribution in [0.25, 0.3) is 0 Å². The summed E-state index contributed by atoms with van der Waals surface area (Å²) >= 11 is 0. The van der Waals surface area contributed by atoms with Crippen molar-refractivity contribution < 1.29 is 32.1 Å². The fourth-order valence-corrected chi connectivity index (χ4v) is 4.69. The number of ether oxygens (including phenoxy) is 4. The molecule has 0 spiro atoms. The number of benzene rings is 2. The van der Waals surface area contributed by atoms with Gasteiger partial charge in [-0.25, -0.2) is 0 Å². The molecular weight excluding hydrogens is 461 g/mol. The Hall–Kier alpha value is -2.33. The lowest BCUT2D eigenvalue weighted by atomic mass is 9.90. The van der Waals surface area contributed by atoms with E-state index in [1.807, 2.05) is 0 Å². The number of hydrogen-bond donors (Lipinski definition) is 0. The van der Waals surface area contributed by atoms with E-state index >= 15 is 0 Å². The van der Waals surface area contributed by atoms with Gasteiger partial charge in [-0.15, -0.1) is 0 Å². The van der Waals surface area contributed by atoms with Crippen molar-refractivity contribution in [3.63, 3.8) is 0 Å². The Bertz CT molecular complexity index is 987. The minimum Gasteiger partial charge on any atom is -0.377 e. The van der Waals surface area contributed by atoms with E-state index in [-0.39, 0.29) is 35.5 Å². The van der Waals surface area contributed by atoms with Crippen LogP contribution < -0.4 is 9.80 Å². The zero-order valence-electron chi connectivity index (χ0n) is 19.3. The predicted octanol–water partition coefficient (Wildman–Crippen LogP) is 3.59. The average Bonchev–Trinajstić information content (AvgIpc) is 3.64. The Morgan fingerprint density at radius 1 is 0.686 bits per heavy atom. The molecule has 4 heterocycles. The Morgan fingerprint density at radius 2 is 1.14 bits per heavy atom. The second-order valence-corrected chi connectivity index (χ2v) is 9.77. The molecule has 0 aromatic heterocycles. The Balaban J connectivity index is 1.21. The minimum atomic E-state index is -4.41. The molecule has 2 aromatic rings. The first-order chi connectivity index (χ1) is 16.9. The molecule has 0 aliphatic carbocycles. The summed E-state index contributed by atoms with van der Waals surface area (Å²) in [6, 6.07) is 13.8. The van der Waals surface area contributed by atoms with Gasteiger partial charge in [-0.3, -0.25) is 0 Å². The van der Waals surface area contributed by atoms with Crippen molar-refractivity contribution in [1.82, 2.24) is 0 Å². The summed E-state index contributed by atoms with van der Waals surface area (Å²) in [6.45, 7) is 5.61. The van der Waals surface area contributed by atoms with Gasteiger partial charge in [-0.05, 0) is 35.4 Å². The number of halogens is 3. The molecule has 4 aliphatic rings. The zero-order chi connectivity index (χ0) is 24.0. The van der Waals surface area contributed by atoms with Gasteiger partial charge in [0.05, 0.1) is 57.4 Å². The highest BCUT2D eigenvalue weighted by molar-refractivity contribution is 5.53. The highest BCUT2D eigenvalue weighted by atomic mass is 19.4. The number of alkyl halides is 3. The molecule has 35 heavy (non-hydrogen) atoms. The highest BCUT2D eigenvalue weighted by Gasteiger charge is 2.42. The van der Waals surface area contributed by atoms with Crippen LogP contribution in [0.4, 0.5) is 24.5 Å². The second kappa shape index (κ2) is 9.28. The highest BCUT2D eigenvalue weighted by Crippen LogP contribution is 2.41. The van der Waals surface area contributed by atoms with Gasteiger partial charge in [0, 0.05) is 31.0 Å².